The molecule has 0 amide bonds. The Labute approximate surface area is 108 Å². The highest BCUT2D eigenvalue weighted by molar-refractivity contribution is 5.36. The first-order chi connectivity index (χ1) is 8.69. The van der Waals surface area contributed by atoms with Crippen molar-refractivity contribution in [3.63, 3.8) is 0 Å². The zero-order chi connectivity index (χ0) is 13.4. The van der Waals surface area contributed by atoms with Gasteiger partial charge in [0.25, 0.3) is 0 Å². The molecule has 0 bridgehead atoms. The van der Waals surface area contributed by atoms with Crippen LogP contribution in [0.3, 0.4) is 0 Å². The Balaban J connectivity index is 2.59. The minimum atomic E-state index is -0.269. The molecule has 0 fully saturated rings. The van der Waals surface area contributed by atoms with Crippen molar-refractivity contribution in [1.82, 2.24) is 5.32 Å². The van der Waals surface area contributed by atoms with Crippen LogP contribution in [-0.4, -0.2) is 27.4 Å². The van der Waals surface area contributed by atoms with Gasteiger partial charge in [-0.3, -0.25) is 0 Å². The maximum absolute atomic E-state index is 13.2. The summed E-state index contributed by atoms with van der Waals surface area (Å²) in [6.45, 7) is 3.33. The van der Waals surface area contributed by atoms with Crippen molar-refractivity contribution < 1.29 is 13.9 Å². The molecule has 1 N–H and O–H groups in total. The van der Waals surface area contributed by atoms with E-state index in [9.17, 15) is 4.39 Å². The summed E-state index contributed by atoms with van der Waals surface area (Å²) in [7, 11) is 3.55. The Kier molecular flexibility index (Phi) is 6.68. The highest BCUT2D eigenvalue weighted by Crippen LogP contribution is 2.26. The van der Waals surface area contributed by atoms with Crippen LogP contribution in [0.2, 0.25) is 0 Å². The number of hydrogen-bond acceptors (Lipinski definition) is 3. The molecule has 0 aromatic heterocycles. The third-order valence-electron chi connectivity index (χ3n) is 2.88. The molecule has 0 aliphatic carbocycles. The molecular formula is C14H22FNO2. The van der Waals surface area contributed by atoms with Crippen LogP contribution >= 0.6 is 0 Å². The van der Waals surface area contributed by atoms with Crippen molar-refractivity contribution in [2.45, 2.75) is 25.8 Å². The standard InChI is InChI=1S/C14H22FNO2/c1-11(16-2)13-7-6-12(15)10-14(13)18-9-5-4-8-17-3/h6-7,10-11,16H,4-5,8-9H2,1-3H3. The monoisotopic (exact) mass is 255 g/mol. The molecule has 0 saturated heterocycles. The van der Waals surface area contributed by atoms with E-state index in [0.717, 1.165) is 25.0 Å². The van der Waals surface area contributed by atoms with Crippen molar-refractivity contribution in [3.8, 4) is 5.75 Å². The van der Waals surface area contributed by atoms with E-state index < -0.39 is 0 Å². The van der Waals surface area contributed by atoms with E-state index in [1.807, 2.05) is 14.0 Å². The van der Waals surface area contributed by atoms with E-state index in [4.69, 9.17) is 9.47 Å². The molecule has 1 atom stereocenters. The van der Waals surface area contributed by atoms with Crippen LogP contribution in [0.25, 0.3) is 0 Å². The number of ether oxygens (including phenoxy) is 2. The average molecular weight is 255 g/mol. The minimum absolute atomic E-state index is 0.138. The quantitative estimate of drug-likeness (QED) is 0.724. The molecule has 0 aliphatic rings. The van der Waals surface area contributed by atoms with Crippen molar-refractivity contribution >= 4 is 0 Å². The number of nitrogens with one attached hydrogen (secondary N) is 1. The third-order valence-corrected chi connectivity index (χ3v) is 2.88. The van der Waals surface area contributed by atoms with Crippen LogP contribution in [0.5, 0.6) is 5.75 Å². The predicted molar refractivity (Wildman–Crippen MR) is 70.5 cm³/mol. The second-order valence-electron chi connectivity index (χ2n) is 4.24. The highest BCUT2D eigenvalue weighted by Gasteiger charge is 2.11. The summed E-state index contributed by atoms with van der Waals surface area (Å²) >= 11 is 0. The number of unbranched alkanes of at least 4 members (excludes halogenated alkanes) is 1. The fraction of sp³-hybridized carbons (Fsp3) is 0.571. The first-order valence-corrected chi connectivity index (χ1v) is 6.27. The lowest BCUT2D eigenvalue weighted by molar-refractivity contribution is 0.183. The molecule has 102 valence electrons. The second-order valence-corrected chi connectivity index (χ2v) is 4.24. The summed E-state index contributed by atoms with van der Waals surface area (Å²) in [4.78, 5) is 0. The van der Waals surface area contributed by atoms with Gasteiger partial charge in [0.1, 0.15) is 11.6 Å². The average Bonchev–Trinajstić information content (AvgIpc) is 2.38. The summed E-state index contributed by atoms with van der Waals surface area (Å²) in [6.07, 6.45) is 1.85. The molecule has 4 heteroatoms. The molecular weight excluding hydrogens is 233 g/mol. The first-order valence-electron chi connectivity index (χ1n) is 6.27. The summed E-state index contributed by atoms with van der Waals surface area (Å²) in [5, 5.41) is 3.13. The van der Waals surface area contributed by atoms with E-state index in [-0.39, 0.29) is 11.9 Å². The minimum Gasteiger partial charge on any atom is -0.493 e. The molecule has 1 aromatic carbocycles. The number of hydrogen-bond donors (Lipinski definition) is 1. The molecule has 0 spiro atoms. The van der Waals surface area contributed by atoms with Crippen LogP contribution in [0.15, 0.2) is 18.2 Å². The van der Waals surface area contributed by atoms with Gasteiger partial charge in [0.2, 0.25) is 0 Å². The van der Waals surface area contributed by atoms with Crippen molar-refractivity contribution in [2.75, 3.05) is 27.4 Å². The molecule has 0 saturated carbocycles. The normalized spacial score (nSPS) is 12.4. The first kappa shape index (κ1) is 14.9. The second kappa shape index (κ2) is 8.06. The van der Waals surface area contributed by atoms with Crippen LogP contribution in [0.4, 0.5) is 4.39 Å². The van der Waals surface area contributed by atoms with Crippen LogP contribution in [-0.2, 0) is 4.74 Å². The van der Waals surface area contributed by atoms with E-state index in [1.165, 1.54) is 12.1 Å². The van der Waals surface area contributed by atoms with Gasteiger partial charge in [0.05, 0.1) is 6.61 Å². The van der Waals surface area contributed by atoms with Crippen LogP contribution in [0.1, 0.15) is 31.4 Å². The molecule has 1 aromatic rings. The fourth-order valence-corrected chi connectivity index (χ4v) is 1.68. The van der Waals surface area contributed by atoms with Crippen LogP contribution in [0, 0.1) is 5.82 Å². The Morgan fingerprint density at radius 3 is 2.67 bits per heavy atom. The highest BCUT2D eigenvalue weighted by atomic mass is 19.1. The van der Waals surface area contributed by atoms with Crippen molar-refractivity contribution in [2.24, 2.45) is 0 Å². The lowest BCUT2D eigenvalue weighted by Crippen LogP contribution is -2.14. The molecule has 3 nitrogen and oxygen atoms in total. The van der Waals surface area contributed by atoms with Gasteiger partial charge in [-0.2, -0.15) is 0 Å². The van der Waals surface area contributed by atoms with Gasteiger partial charge in [-0.15, -0.1) is 0 Å². The van der Waals surface area contributed by atoms with Gasteiger partial charge in [0.15, 0.2) is 0 Å². The fourth-order valence-electron chi connectivity index (χ4n) is 1.68. The Morgan fingerprint density at radius 1 is 1.28 bits per heavy atom. The number of benzene rings is 1. The van der Waals surface area contributed by atoms with Gasteiger partial charge in [-0.1, -0.05) is 6.07 Å². The largest absolute Gasteiger partial charge is 0.493 e. The third kappa shape index (κ3) is 4.63. The summed E-state index contributed by atoms with van der Waals surface area (Å²) in [5.41, 5.74) is 0.977. The maximum atomic E-state index is 13.2. The molecule has 0 aliphatic heterocycles. The van der Waals surface area contributed by atoms with Crippen molar-refractivity contribution in [1.29, 1.82) is 0 Å². The number of methoxy groups -OCH3 is 1. The molecule has 0 heterocycles. The predicted octanol–water partition coefficient (Wildman–Crippen LogP) is 2.91. The SMILES string of the molecule is CNC(C)c1ccc(F)cc1OCCCCOC. The zero-order valence-electron chi connectivity index (χ0n) is 11.3. The van der Waals surface area contributed by atoms with Gasteiger partial charge in [0, 0.05) is 31.4 Å². The summed E-state index contributed by atoms with van der Waals surface area (Å²) < 4.78 is 23.8. The Hall–Kier alpha value is -1.13. The number of rotatable bonds is 8. The molecule has 1 rings (SSSR count). The zero-order valence-corrected chi connectivity index (χ0v) is 11.3. The van der Waals surface area contributed by atoms with Crippen molar-refractivity contribution in [3.05, 3.63) is 29.6 Å². The molecule has 18 heavy (non-hydrogen) atoms. The van der Waals surface area contributed by atoms with Gasteiger partial charge in [-0.05, 0) is 32.9 Å². The van der Waals surface area contributed by atoms with E-state index >= 15 is 0 Å². The van der Waals surface area contributed by atoms with Crippen LogP contribution < -0.4 is 10.1 Å². The van der Waals surface area contributed by atoms with Gasteiger partial charge >= 0.3 is 0 Å². The van der Waals surface area contributed by atoms with E-state index in [1.54, 1.807) is 13.2 Å². The summed E-state index contributed by atoms with van der Waals surface area (Å²) in [6, 6.07) is 4.81. The molecule has 0 radical (unpaired) electrons. The smallest absolute Gasteiger partial charge is 0.126 e. The Morgan fingerprint density at radius 2 is 2.00 bits per heavy atom. The lowest BCUT2D eigenvalue weighted by Gasteiger charge is -2.16. The Bertz CT molecular complexity index is 358. The van der Waals surface area contributed by atoms with E-state index in [0.29, 0.717) is 12.4 Å². The lowest BCUT2D eigenvalue weighted by atomic mass is 10.1. The van der Waals surface area contributed by atoms with Gasteiger partial charge < -0.3 is 14.8 Å². The number of halogens is 1. The summed E-state index contributed by atoms with van der Waals surface area (Å²) in [5.74, 6) is 0.350. The topological polar surface area (TPSA) is 30.5 Å². The van der Waals surface area contributed by atoms with E-state index in [2.05, 4.69) is 5.32 Å². The van der Waals surface area contributed by atoms with Gasteiger partial charge in [-0.25, -0.2) is 4.39 Å². The molecule has 1 unspecified atom stereocenters. The maximum Gasteiger partial charge on any atom is 0.126 e.